The van der Waals surface area contributed by atoms with E-state index in [1.807, 2.05) is 6.92 Å². The van der Waals surface area contributed by atoms with Crippen LogP contribution in [0, 0.1) is 5.92 Å². The Balaban J connectivity index is 2.70. The van der Waals surface area contributed by atoms with Crippen LogP contribution in [0.5, 0.6) is 0 Å². The van der Waals surface area contributed by atoms with Gasteiger partial charge in [-0.05, 0) is 39.0 Å². The van der Waals surface area contributed by atoms with Crippen LogP contribution in [0.15, 0.2) is 0 Å². The molecule has 1 fully saturated rings. The van der Waals surface area contributed by atoms with Crippen molar-refractivity contribution in [2.45, 2.75) is 77.0 Å². The van der Waals surface area contributed by atoms with Crippen LogP contribution in [-0.4, -0.2) is 17.7 Å². The van der Waals surface area contributed by atoms with Gasteiger partial charge in [-0.1, -0.05) is 26.2 Å². The molecule has 1 unspecified atom stereocenters. The highest BCUT2D eigenvalue weighted by Gasteiger charge is 2.45. The molecular weight excluding hydrogens is 257 g/mol. The molecule has 5 heteroatoms. The second-order valence-electron chi connectivity index (χ2n) is 5.49. The Hall–Kier alpha value is -0.740. The van der Waals surface area contributed by atoms with Crippen molar-refractivity contribution in [1.29, 1.82) is 0 Å². The van der Waals surface area contributed by atoms with Gasteiger partial charge in [-0.15, -0.1) is 0 Å². The number of esters is 1. The van der Waals surface area contributed by atoms with Gasteiger partial charge < -0.3 is 4.74 Å². The van der Waals surface area contributed by atoms with Crippen molar-refractivity contribution in [1.82, 2.24) is 0 Å². The van der Waals surface area contributed by atoms with Crippen LogP contribution in [-0.2, 0) is 9.53 Å². The van der Waals surface area contributed by atoms with Gasteiger partial charge in [0.2, 0.25) is 0 Å². The van der Waals surface area contributed by atoms with E-state index in [0.29, 0.717) is 19.3 Å². The smallest absolute Gasteiger partial charge is 0.401 e. The molecule has 0 aliphatic heterocycles. The number of carbonyl (C=O) groups is 1. The zero-order valence-corrected chi connectivity index (χ0v) is 11.7. The third-order valence-electron chi connectivity index (χ3n) is 4.07. The van der Waals surface area contributed by atoms with E-state index in [0.717, 1.165) is 39.0 Å². The molecule has 0 N–H and O–H groups in total. The third-order valence-corrected chi connectivity index (χ3v) is 4.07. The van der Waals surface area contributed by atoms with E-state index in [1.165, 1.54) is 0 Å². The molecule has 1 aliphatic carbocycles. The van der Waals surface area contributed by atoms with E-state index >= 15 is 0 Å². The van der Waals surface area contributed by atoms with Gasteiger partial charge in [-0.25, -0.2) is 0 Å². The Bertz CT molecular complexity index is 292. The zero-order chi connectivity index (χ0) is 14.5. The molecular formula is C14H23F3O2. The summed E-state index contributed by atoms with van der Waals surface area (Å²) in [4.78, 5) is 11.7. The fraction of sp³-hybridized carbons (Fsp3) is 0.929. The van der Waals surface area contributed by atoms with Crippen molar-refractivity contribution in [2.75, 3.05) is 0 Å². The molecule has 0 aromatic carbocycles. The highest BCUT2D eigenvalue weighted by atomic mass is 19.4. The van der Waals surface area contributed by atoms with Crippen LogP contribution in [0.25, 0.3) is 0 Å². The molecule has 0 amide bonds. The molecule has 0 heterocycles. The molecule has 112 valence electrons. The van der Waals surface area contributed by atoms with Crippen molar-refractivity contribution in [3.8, 4) is 0 Å². The SMILES string of the molecule is CCC1(OC(=O)C(C)C(F)(F)F)CCCCCCC1. The maximum Gasteiger partial charge on any atom is 0.401 e. The lowest BCUT2D eigenvalue weighted by Crippen LogP contribution is -2.40. The number of ether oxygens (including phenoxy) is 1. The molecule has 19 heavy (non-hydrogen) atoms. The minimum Gasteiger partial charge on any atom is -0.459 e. The highest BCUT2D eigenvalue weighted by molar-refractivity contribution is 5.73. The van der Waals surface area contributed by atoms with Crippen LogP contribution in [0.3, 0.4) is 0 Å². The van der Waals surface area contributed by atoms with Crippen molar-refractivity contribution >= 4 is 5.97 Å². The summed E-state index contributed by atoms with van der Waals surface area (Å²) >= 11 is 0. The average molecular weight is 280 g/mol. The number of halogens is 3. The normalized spacial score (nSPS) is 22.2. The van der Waals surface area contributed by atoms with Gasteiger partial charge in [-0.3, -0.25) is 4.79 Å². The summed E-state index contributed by atoms with van der Waals surface area (Å²) in [7, 11) is 0. The molecule has 1 saturated carbocycles. The Morgan fingerprint density at radius 2 is 1.63 bits per heavy atom. The fourth-order valence-electron chi connectivity index (χ4n) is 2.51. The summed E-state index contributed by atoms with van der Waals surface area (Å²) in [6.07, 6.45) is 2.55. The molecule has 0 spiro atoms. The van der Waals surface area contributed by atoms with Crippen LogP contribution in [0.4, 0.5) is 13.2 Å². The Morgan fingerprint density at radius 3 is 2.05 bits per heavy atom. The predicted octanol–water partition coefficient (Wildman–Crippen LogP) is 4.62. The first kappa shape index (κ1) is 16.3. The van der Waals surface area contributed by atoms with Crippen LogP contribution >= 0.6 is 0 Å². The molecule has 0 aromatic heterocycles. The highest BCUT2D eigenvalue weighted by Crippen LogP contribution is 2.35. The molecule has 0 aromatic rings. The monoisotopic (exact) mass is 280 g/mol. The van der Waals surface area contributed by atoms with Crippen molar-refractivity contribution in [3.63, 3.8) is 0 Å². The number of hydrogen-bond donors (Lipinski definition) is 0. The number of carbonyl (C=O) groups excluding carboxylic acids is 1. The Morgan fingerprint density at radius 1 is 1.16 bits per heavy atom. The van der Waals surface area contributed by atoms with Crippen molar-refractivity contribution in [2.24, 2.45) is 5.92 Å². The lowest BCUT2D eigenvalue weighted by Gasteiger charge is -2.35. The quantitative estimate of drug-likeness (QED) is 0.705. The van der Waals surface area contributed by atoms with Gasteiger partial charge in [0.15, 0.2) is 0 Å². The van der Waals surface area contributed by atoms with Gasteiger partial charge in [0.05, 0.1) is 0 Å². The molecule has 0 saturated heterocycles. The number of hydrogen-bond acceptors (Lipinski definition) is 2. The third kappa shape index (κ3) is 4.69. The van der Waals surface area contributed by atoms with Crippen LogP contribution in [0.1, 0.15) is 65.2 Å². The van der Waals surface area contributed by atoms with Crippen LogP contribution in [0.2, 0.25) is 0 Å². The fourth-order valence-corrected chi connectivity index (χ4v) is 2.51. The summed E-state index contributed by atoms with van der Waals surface area (Å²) in [5.41, 5.74) is -0.684. The van der Waals surface area contributed by atoms with Crippen LogP contribution < -0.4 is 0 Å². The second-order valence-corrected chi connectivity index (χ2v) is 5.49. The first-order chi connectivity index (χ1) is 8.81. The number of rotatable bonds is 3. The van der Waals surface area contributed by atoms with Gasteiger partial charge >= 0.3 is 12.1 Å². The maximum absolute atomic E-state index is 12.5. The van der Waals surface area contributed by atoms with E-state index in [9.17, 15) is 18.0 Å². The standard InChI is InChI=1S/C14H23F3O2/c1-3-13(9-7-5-4-6-8-10-13)19-12(18)11(2)14(15,16)17/h11H,3-10H2,1-2H3. The van der Waals surface area contributed by atoms with E-state index in [1.54, 1.807) is 0 Å². The minimum absolute atomic E-state index is 0.587. The molecule has 2 nitrogen and oxygen atoms in total. The van der Waals surface area contributed by atoms with Gasteiger partial charge in [0, 0.05) is 0 Å². The van der Waals surface area contributed by atoms with E-state index in [-0.39, 0.29) is 0 Å². The Kier molecular flexibility index (Phi) is 5.68. The minimum atomic E-state index is -4.52. The van der Waals surface area contributed by atoms with Crippen molar-refractivity contribution in [3.05, 3.63) is 0 Å². The Labute approximate surface area is 112 Å². The van der Waals surface area contributed by atoms with Crippen molar-refractivity contribution < 1.29 is 22.7 Å². The summed E-state index contributed by atoms with van der Waals surface area (Å²) < 4.78 is 42.9. The van der Waals surface area contributed by atoms with E-state index < -0.39 is 23.7 Å². The molecule has 1 aliphatic rings. The molecule has 0 radical (unpaired) electrons. The summed E-state index contributed by atoms with van der Waals surface area (Å²) in [5, 5.41) is 0. The largest absolute Gasteiger partial charge is 0.459 e. The lowest BCUT2D eigenvalue weighted by atomic mass is 9.84. The first-order valence-corrected chi connectivity index (χ1v) is 7.10. The summed E-state index contributed by atoms with van der Waals surface area (Å²) in [6.45, 7) is 2.75. The average Bonchev–Trinajstić information content (AvgIpc) is 2.30. The summed E-state index contributed by atoms with van der Waals surface area (Å²) in [5.74, 6) is -3.17. The molecule has 1 atom stereocenters. The zero-order valence-electron chi connectivity index (χ0n) is 11.7. The predicted molar refractivity (Wildman–Crippen MR) is 66.7 cm³/mol. The topological polar surface area (TPSA) is 26.3 Å². The summed E-state index contributed by atoms with van der Waals surface area (Å²) in [6, 6.07) is 0. The van der Waals surface area contributed by atoms with Gasteiger partial charge in [0.25, 0.3) is 0 Å². The first-order valence-electron chi connectivity index (χ1n) is 7.10. The molecule has 0 bridgehead atoms. The molecule has 1 rings (SSSR count). The maximum atomic E-state index is 12.5. The van der Waals surface area contributed by atoms with E-state index in [2.05, 4.69) is 0 Å². The lowest BCUT2D eigenvalue weighted by molar-refractivity contribution is -0.205. The van der Waals surface area contributed by atoms with E-state index in [4.69, 9.17) is 4.74 Å². The van der Waals surface area contributed by atoms with Gasteiger partial charge in [-0.2, -0.15) is 13.2 Å². The number of alkyl halides is 3. The second kappa shape index (κ2) is 6.62. The van der Waals surface area contributed by atoms with Gasteiger partial charge in [0.1, 0.15) is 11.5 Å².